The molecule has 1 atom stereocenters. The molecule has 0 bridgehead atoms. The highest BCUT2D eigenvalue weighted by atomic mass is 16.5. The summed E-state index contributed by atoms with van der Waals surface area (Å²) in [7, 11) is 2.96. The molecule has 2 aromatic carbocycles. The molecule has 0 unspecified atom stereocenters. The number of carbonyl (C=O) groups excluding carboxylic acids is 2. The molecule has 2 N–H and O–H groups in total. The van der Waals surface area contributed by atoms with E-state index in [-0.39, 0.29) is 29.4 Å². The number of aliphatic hydroxyl groups is 1. The molecule has 0 aliphatic carbocycles. The number of hydrogen-bond donors (Lipinski definition) is 2. The lowest BCUT2D eigenvalue weighted by Gasteiger charge is -2.27. The van der Waals surface area contributed by atoms with E-state index in [2.05, 4.69) is 0 Å². The molecule has 1 aliphatic heterocycles. The van der Waals surface area contributed by atoms with E-state index in [0.717, 1.165) is 5.39 Å². The van der Waals surface area contributed by atoms with Gasteiger partial charge in [0.25, 0.3) is 5.91 Å². The summed E-state index contributed by atoms with van der Waals surface area (Å²) in [5.74, 6) is -1.73. The molecule has 0 fully saturated rings. The number of furan rings is 1. The van der Waals surface area contributed by atoms with Crippen molar-refractivity contribution < 1.29 is 33.7 Å². The minimum atomic E-state index is -0.880. The van der Waals surface area contributed by atoms with Crippen molar-refractivity contribution >= 4 is 22.7 Å². The zero-order chi connectivity index (χ0) is 22.8. The molecule has 0 saturated carbocycles. The number of hydrogen-bond acceptors (Lipinski definition) is 7. The van der Waals surface area contributed by atoms with Crippen LogP contribution in [0.5, 0.6) is 11.5 Å². The SMILES string of the molecule is COCCCN1C(=O)C(O)=C(C(=O)c2cc3ccccc3o2)[C@H]1c1ccc(O)c(OC)c1. The van der Waals surface area contributed by atoms with E-state index in [1.165, 1.54) is 18.1 Å². The van der Waals surface area contributed by atoms with Crippen LogP contribution in [0.3, 0.4) is 0 Å². The highest BCUT2D eigenvalue weighted by Crippen LogP contribution is 2.41. The first-order valence-corrected chi connectivity index (χ1v) is 10.1. The van der Waals surface area contributed by atoms with Crippen molar-refractivity contribution in [1.82, 2.24) is 4.90 Å². The molecule has 0 saturated heterocycles. The quantitative estimate of drug-likeness (QED) is 0.408. The van der Waals surface area contributed by atoms with Crippen molar-refractivity contribution in [3.05, 3.63) is 71.2 Å². The fourth-order valence-corrected chi connectivity index (χ4v) is 3.93. The summed E-state index contributed by atoms with van der Waals surface area (Å²) in [5.41, 5.74) is 0.952. The number of Topliss-reactive ketones (excluding diaryl/α,β-unsaturated/α-hetero) is 1. The second kappa shape index (κ2) is 8.76. The molecule has 0 spiro atoms. The van der Waals surface area contributed by atoms with Gasteiger partial charge in [0.15, 0.2) is 23.0 Å². The van der Waals surface area contributed by atoms with Crippen molar-refractivity contribution in [3.8, 4) is 11.5 Å². The van der Waals surface area contributed by atoms with Gasteiger partial charge in [0.2, 0.25) is 5.78 Å². The highest BCUT2D eigenvalue weighted by Gasteiger charge is 2.44. The predicted octanol–water partition coefficient (Wildman–Crippen LogP) is 3.76. The Hall–Kier alpha value is -3.78. The van der Waals surface area contributed by atoms with Crippen LogP contribution >= 0.6 is 0 Å². The van der Waals surface area contributed by atoms with Crippen LogP contribution in [0.25, 0.3) is 11.0 Å². The summed E-state index contributed by atoms with van der Waals surface area (Å²) >= 11 is 0. The maximum atomic E-state index is 13.5. The van der Waals surface area contributed by atoms with Gasteiger partial charge in [0.1, 0.15) is 5.58 Å². The third kappa shape index (κ3) is 3.69. The van der Waals surface area contributed by atoms with Gasteiger partial charge in [-0.1, -0.05) is 24.3 Å². The average Bonchev–Trinajstić information content (AvgIpc) is 3.34. The van der Waals surface area contributed by atoms with Crippen molar-refractivity contribution in [2.45, 2.75) is 12.5 Å². The lowest BCUT2D eigenvalue weighted by molar-refractivity contribution is -0.129. The van der Waals surface area contributed by atoms with Crippen molar-refractivity contribution in [1.29, 1.82) is 0 Å². The number of ether oxygens (including phenoxy) is 2. The lowest BCUT2D eigenvalue weighted by atomic mass is 9.94. The Balaban J connectivity index is 1.80. The first-order chi connectivity index (χ1) is 15.5. The molecule has 0 radical (unpaired) electrons. The van der Waals surface area contributed by atoms with Crippen LogP contribution in [0, 0.1) is 0 Å². The van der Waals surface area contributed by atoms with Crippen LogP contribution in [0.2, 0.25) is 0 Å². The number of rotatable bonds is 8. The van der Waals surface area contributed by atoms with Gasteiger partial charge in [-0.3, -0.25) is 9.59 Å². The summed E-state index contributed by atoms with van der Waals surface area (Å²) in [6.07, 6.45) is 0.507. The molecule has 1 aliphatic rings. The van der Waals surface area contributed by atoms with Crippen LogP contribution in [-0.4, -0.2) is 54.2 Å². The van der Waals surface area contributed by atoms with Gasteiger partial charge in [-0.25, -0.2) is 0 Å². The molecule has 166 valence electrons. The molecule has 2 heterocycles. The standard InChI is InChI=1S/C24H23NO7/c1-30-11-5-10-25-21(15-8-9-16(26)18(13-15)31-2)20(23(28)24(25)29)22(27)19-12-14-6-3-4-7-17(14)32-19/h3-4,6-9,12-13,21,26,28H,5,10-11H2,1-2H3/t21-/m1/s1. The smallest absolute Gasteiger partial charge is 0.290 e. The topological polar surface area (TPSA) is 109 Å². The third-order valence-corrected chi connectivity index (χ3v) is 5.46. The zero-order valence-corrected chi connectivity index (χ0v) is 17.7. The van der Waals surface area contributed by atoms with Gasteiger partial charge in [-0.05, 0) is 36.2 Å². The van der Waals surface area contributed by atoms with Gasteiger partial charge in [0.05, 0.1) is 18.7 Å². The van der Waals surface area contributed by atoms with Crippen LogP contribution in [-0.2, 0) is 9.53 Å². The Labute approximate surface area is 184 Å². The normalized spacial score (nSPS) is 16.2. The molecular weight excluding hydrogens is 414 g/mol. The van der Waals surface area contributed by atoms with E-state index < -0.39 is 23.5 Å². The highest BCUT2D eigenvalue weighted by molar-refractivity contribution is 6.16. The van der Waals surface area contributed by atoms with Gasteiger partial charge < -0.3 is 29.0 Å². The van der Waals surface area contributed by atoms with E-state index >= 15 is 0 Å². The van der Waals surface area contributed by atoms with E-state index in [1.54, 1.807) is 37.4 Å². The summed E-state index contributed by atoms with van der Waals surface area (Å²) in [4.78, 5) is 27.8. The van der Waals surface area contributed by atoms with Crippen molar-refractivity contribution in [3.63, 3.8) is 0 Å². The van der Waals surface area contributed by atoms with E-state index in [4.69, 9.17) is 13.9 Å². The number of amides is 1. The van der Waals surface area contributed by atoms with Gasteiger partial charge >= 0.3 is 0 Å². The number of phenolic OH excluding ortho intramolecular Hbond substituents is 1. The lowest BCUT2D eigenvalue weighted by Crippen LogP contribution is -2.32. The number of fused-ring (bicyclic) bond motifs is 1. The molecule has 32 heavy (non-hydrogen) atoms. The number of aromatic hydroxyl groups is 1. The Morgan fingerprint density at radius 1 is 1.12 bits per heavy atom. The fraction of sp³-hybridized carbons (Fsp3) is 0.250. The van der Waals surface area contributed by atoms with Gasteiger partial charge in [0, 0.05) is 25.6 Å². The molecule has 1 amide bonds. The van der Waals surface area contributed by atoms with Gasteiger partial charge in [-0.2, -0.15) is 0 Å². The van der Waals surface area contributed by atoms with Crippen molar-refractivity contribution in [2.75, 3.05) is 27.4 Å². The summed E-state index contributed by atoms with van der Waals surface area (Å²) in [6, 6.07) is 12.4. The summed E-state index contributed by atoms with van der Waals surface area (Å²) < 4.78 is 16.0. The number of para-hydroxylation sites is 1. The van der Waals surface area contributed by atoms with Crippen LogP contribution in [0.4, 0.5) is 0 Å². The third-order valence-electron chi connectivity index (χ3n) is 5.46. The monoisotopic (exact) mass is 437 g/mol. The van der Waals surface area contributed by atoms with E-state index in [0.29, 0.717) is 24.2 Å². The average molecular weight is 437 g/mol. The maximum Gasteiger partial charge on any atom is 0.290 e. The first kappa shape index (κ1) is 21.5. The second-order valence-corrected chi connectivity index (χ2v) is 7.42. The van der Waals surface area contributed by atoms with Crippen LogP contribution in [0.1, 0.15) is 28.6 Å². The Morgan fingerprint density at radius 2 is 1.91 bits per heavy atom. The minimum Gasteiger partial charge on any atom is -0.504 e. The molecule has 1 aromatic heterocycles. The molecule has 3 aromatic rings. The number of nitrogens with zero attached hydrogens (tertiary/aromatic N) is 1. The number of benzene rings is 2. The number of carbonyl (C=O) groups is 2. The first-order valence-electron chi connectivity index (χ1n) is 10.1. The Kier molecular flexibility index (Phi) is 5.87. The van der Waals surface area contributed by atoms with Crippen molar-refractivity contribution in [2.24, 2.45) is 0 Å². The molecule has 8 heteroatoms. The maximum absolute atomic E-state index is 13.5. The van der Waals surface area contributed by atoms with E-state index in [9.17, 15) is 19.8 Å². The second-order valence-electron chi connectivity index (χ2n) is 7.42. The zero-order valence-electron chi connectivity index (χ0n) is 17.7. The van der Waals surface area contributed by atoms with Crippen LogP contribution in [0.15, 0.2) is 64.3 Å². The fourth-order valence-electron chi connectivity index (χ4n) is 3.93. The summed E-state index contributed by atoms with van der Waals surface area (Å²) in [6.45, 7) is 0.657. The largest absolute Gasteiger partial charge is 0.504 e. The van der Waals surface area contributed by atoms with E-state index in [1.807, 2.05) is 12.1 Å². The molecule has 4 rings (SSSR count). The number of aliphatic hydroxyl groups excluding tert-OH is 1. The molecular formula is C24H23NO7. The Bertz CT molecular complexity index is 1180. The summed E-state index contributed by atoms with van der Waals surface area (Å²) in [5, 5.41) is 21.4. The number of phenols is 1. The van der Waals surface area contributed by atoms with Gasteiger partial charge in [-0.15, -0.1) is 0 Å². The molecule has 8 nitrogen and oxygen atoms in total. The van der Waals surface area contributed by atoms with Crippen LogP contribution < -0.4 is 4.74 Å². The Morgan fingerprint density at radius 3 is 2.62 bits per heavy atom. The minimum absolute atomic E-state index is 0.0232. The number of ketones is 1. The predicted molar refractivity (Wildman–Crippen MR) is 116 cm³/mol. The number of methoxy groups -OCH3 is 2.